The van der Waals surface area contributed by atoms with Gasteiger partial charge in [-0.2, -0.15) is 0 Å². The number of hydrogen-bond donors (Lipinski definition) is 2. The van der Waals surface area contributed by atoms with Gasteiger partial charge in [0, 0.05) is 5.56 Å². The summed E-state index contributed by atoms with van der Waals surface area (Å²) in [6.07, 6.45) is 0.585. The van der Waals surface area contributed by atoms with E-state index in [9.17, 15) is 14.3 Å². The molecule has 0 aromatic heterocycles. The molecule has 1 amide bonds. The van der Waals surface area contributed by atoms with Crippen molar-refractivity contribution < 1.29 is 19.0 Å². The summed E-state index contributed by atoms with van der Waals surface area (Å²) in [6, 6.07) is 20.2. The number of phenolic OH excluding ortho intramolecular Hbond substituents is 1. The Bertz CT molecular complexity index is 923. The number of hydrogen-bond acceptors (Lipinski definition) is 3. The quantitative estimate of drug-likeness (QED) is 0.647. The van der Waals surface area contributed by atoms with Crippen LogP contribution in [0.3, 0.4) is 0 Å². The molecule has 0 saturated heterocycles. The Labute approximate surface area is 163 Å². The van der Waals surface area contributed by atoms with Gasteiger partial charge in [0.2, 0.25) is 5.91 Å². The van der Waals surface area contributed by atoms with E-state index in [-0.39, 0.29) is 29.9 Å². The SMILES string of the molecule is COc1ccc(C(Cc2ccc(F)cc2)NC(=O)Cc2ccccc2O)cc1. The first-order valence-corrected chi connectivity index (χ1v) is 9.00. The Morgan fingerprint density at radius 1 is 1.04 bits per heavy atom. The van der Waals surface area contributed by atoms with Crippen LogP contribution >= 0.6 is 0 Å². The Hall–Kier alpha value is -3.34. The number of nitrogens with one attached hydrogen (secondary N) is 1. The van der Waals surface area contributed by atoms with E-state index in [1.165, 1.54) is 12.1 Å². The van der Waals surface area contributed by atoms with E-state index in [1.807, 2.05) is 24.3 Å². The zero-order valence-electron chi connectivity index (χ0n) is 15.6. The van der Waals surface area contributed by atoms with Gasteiger partial charge in [-0.15, -0.1) is 0 Å². The van der Waals surface area contributed by atoms with E-state index in [0.29, 0.717) is 12.0 Å². The molecule has 0 spiro atoms. The molecule has 0 aliphatic carbocycles. The van der Waals surface area contributed by atoms with E-state index in [2.05, 4.69) is 5.32 Å². The van der Waals surface area contributed by atoms with Crippen molar-refractivity contribution in [3.05, 3.63) is 95.3 Å². The molecule has 28 heavy (non-hydrogen) atoms. The summed E-state index contributed by atoms with van der Waals surface area (Å²) in [5, 5.41) is 12.9. The van der Waals surface area contributed by atoms with Crippen LogP contribution in [0, 0.1) is 5.82 Å². The Balaban J connectivity index is 1.79. The van der Waals surface area contributed by atoms with E-state index in [0.717, 1.165) is 16.9 Å². The zero-order valence-corrected chi connectivity index (χ0v) is 15.6. The van der Waals surface area contributed by atoms with Gasteiger partial charge >= 0.3 is 0 Å². The second-order valence-corrected chi connectivity index (χ2v) is 6.53. The van der Waals surface area contributed by atoms with E-state index in [4.69, 9.17) is 4.74 Å². The van der Waals surface area contributed by atoms with Gasteiger partial charge in [-0.1, -0.05) is 42.5 Å². The molecule has 5 heteroatoms. The predicted octanol–water partition coefficient (Wildman–Crippen LogP) is 4.18. The van der Waals surface area contributed by atoms with Crippen LogP contribution < -0.4 is 10.1 Å². The maximum absolute atomic E-state index is 13.2. The fourth-order valence-electron chi connectivity index (χ4n) is 3.02. The van der Waals surface area contributed by atoms with Gasteiger partial charge in [0.25, 0.3) is 0 Å². The molecule has 2 N–H and O–H groups in total. The van der Waals surface area contributed by atoms with Gasteiger partial charge in [0.15, 0.2) is 0 Å². The van der Waals surface area contributed by atoms with Crippen molar-refractivity contribution in [3.63, 3.8) is 0 Å². The number of amides is 1. The van der Waals surface area contributed by atoms with Gasteiger partial charge in [-0.25, -0.2) is 4.39 Å². The third-order valence-corrected chi connectivity index (χ3v) is 4.55. The van der Waals surface area contributed by atoms with Crippen LogP contribution in [0.15, 0.2) is 72.8 Å². The van der Waals surface area contributed by atoms with Crippen LogP contribution in [0.5, 0.6) is 11.5 Å². The van der Waals surface area contributed by atoms with Crippen molar-refractivity contribution in [2.24, 2.45) is 0 Å². The second kappa shape index (κ2) is 9.04. The summed E-state index contributed by atoms with van der Waals surface area (Å²) in [5.74, 6) is 0.319. The number of carbonyl (C=O) groups is 1. The normalized spacial score (nSPS) is 11.6. The second-order valence-electron chi connectivity index (χ2n) is 6.53. The summed E-state index contributed by atoms with van der Waals surface area (Å²) < 4.78 is 18.4. The van der Waals surface area contributed by atoms with Crippen LogP contribution in [0.25, 0.3) is 0 Å². The smallest absolute Gasteiger partial charge is 0.225 e. The van der Waals surface area contributed by atoms with Crippen molar-refractivity contribution in [1.82, 2.24) is 5.32 Å². The van der Waals surface area contributed by atoms with E-state index < -0.39 is 0 Å². The van der Waals surface area contributed by atoms with Gasteiger partial charge < -0.3 is 15.2 Å². The fourth-order valence-corrected chi connectivity index (χ4v) is 3.02. The van der Waals surface area contributed by atoms with Crippen molar-refractivity contribution in [2.75, 3.05) is 7.11 Å². The highest BCUT2D eigenvalue weighted by Crippen LogP contribution is 2.23. The number of carbonyl (C=O) groups excluding carboxylic acids is 1. The van der Waals surface area contributed by atoms with Crippen molar-refractivity contribution in [3.8, 4) is 11.5 Å². The molecule has 0 bridgehead atoms. The number of ether oxygens (including phenoxy) is 1. The summed E-state index contributed by atoms with van der Waals surface area (Å²) in [5.41, 5.74) is 2.39. The molecule has 3 aromatic carbocycles. The zero-order chi connectivity index (χ0) is 19.9. The minimum atomic E-state index is -0.298. The lowest BCUT2D eigenvalue weighted by molar-refractivity contribution is -0.121. The highest BCUT2D eigenvalue weighted by molar-refractivity contribution is 5.79. The largest absolute Gasteiger partial charge is 0.508 e. The molecule has 0 heterocycles. The molecule has 4 nitrogen and oxygen atoms in total. The summed E-state index contributed by atoms with van der Waals surface area (Å²) in [7, 11) is 1.60. The van der Waals surface area contributed by atoms with Crippen LogP contribution in [-0.2, 0) is 17.6 Å². The van der Waals surface area contributed by atoms with E-state index >= 15 is 0 Å². The Morgan fingerprint density at radius 3 is 2.36 bits per heavy atom. The lowest BCUT2D eigenvalue weighted by Crippen LogP contribution is -2.31. The molecule has 0 fully saturated rings. The summed E-state index contributed by atoms with van der Waals surface area (Å²) in [6.45, 7) is 0. The molecular formula is C23H22FNO3. The van der Waals surface area contributed by atoms with Gasteiger partial charge in [-0.05, 0) is 47.9 Å². The first-order valence-electron chi connectivity index (χ1n) is 9.00. The molecule has 0 aliphatic rings. The summed E-state index contributed by atoms with van der Waals surface area (Å²) in [4.78, 5) is 12.6. The molecular weight excluding hydrogens is 357 g/mol. The van der Waals surface area contributed by atoms with Gasteiger partial charge in [0.1, 0.15) is 17.3 Å². The number of benzene rings is 3. The predicted molar refractivity (Wildman–Crippen MR) is 106 cm³/mol. The third kappa shape index (κ3) is 5.10. The van der Waals surface area contributed by atoms with Crippen molar-refractivity contribution in [2.45, 2.75) is 18.9 Å². The van der Waals surface area contributed by atoms with Crippen LogP contribution in [0.4, 0.5) is 4.39 Å². The first-order chi connectivity index (χ1) is 13.5. The lowest BCUT2D eigenvalue weighted by Gasteiger charge is -2.20. The third-order valence-electron chi connectivity index (χ3n) is 4.55. The average Bonchev–Trinajstić information content (AvgIpc) is 2.71. The van der Waals surface area contributed by atoms with Crippen molar-refractivity contribution >= 4 is 5.91 Å². The Kier molecular flexibility index (Phi) is 6.27. The molecule has 0 saturated carbocycles. The molecule has 144 valence electrons. The number of rotatable bonds is 7. The lowest BCUT2D eigenvalue weighted by atomic mass is 9.98. The molecule has 1 atom stereocenters. The molecule has 3 rings (SSSR count). The standard InChI is InChI=1S/C23H22FNO3/c1-28-20-12-8-17(9-13-20)21(14-16-6-10-19(24)11-7-16)25-23(27)15-18-4-2-3-5-22(18)26/h2-13,21,26H,14-15H2,1H3,(H,25,27). The fraction of sp³-hybridized carbons (Fsp3) is 0.174. The number of para-hydroxylation sites is 1. The van der Waals surface area contributed by atoms with Gasteiger partial charge in [-0.3, -0.25) is 4.79 Å². The minimum Gasteiger partial charge on any atom is -0.508 e. The molecule has 0 radical (unpaired) electrons. The summed E-state index contributed by atoms with van der Waals surface area (Å²) >= 11 is 0. The Morgan fingerprint density at radius 2 is 1.71 bits per heavy atom. The monoisotopic (exact) mass is 379 g/mol. The van der Waals surface area contributed by atoms with E-state index in [1.54, 1.807) is 43.5 Å². The minimum absolute atomic E-state index is 0.0722. The molecule has 1 unspecified atom stereocenters. The number of methoxy groups -OCH3 is 1. The highest BCUT2D eigenvalue weighted by Gasteiger charge is 2.17. The molecule has 0 aliphatic heterocycles. The number of aromatic hydroxyl groups is 1. The maximum Gasteiger partial charge on any atom is 0.225 e. The average molecular weight is 379 g/mol. The van der Waals surface area contributed by atoms with Gasteiger partial charge in [0.05, 0.1) is 19.6 Å². The van der Waals surface area contributed by atoms with Crippen LogP contribution in [-0.4, -0.2) is 18.1 Å². The van der Waals surface area contributed by atoms with Crippen LogP contribution in [0.1, 0.15) is 22.7 Å². The highest BCUT2D eigenvalue weighted by atomic mass is 19.1. The maximum atomic E-state index is 13.2. The van der Waals surface area contributed by atoms with Crippen LogP contribution in [0.2, 0.25) is 0 Å². The van der Waals surface area contributed by atoms with Crippen molar-refractivity contribution in [1.29, 1.82) is 0 Å². The number of phenols is 1. The first kappa shape index (κ1) is 19.4. The number of halogens is 1. The molecule has 3 aromatic rings. The topological polar surface area (TPSA) is 58.6 Å².